The quantitative estimate of drug-likeness (QED) is 0.826. The molecule has 0 saturated heterocycles. The molecule has 0 unspecified atom stereocenters. The molecule has 16 heavy (non-hydrogen) atoms. The summed E-state index contributed by atoms with van der Waals surface area (Å²) in [6.07, 6.45) is 11.0. The molecule has 90 valence electrons. The maximum Gasteiger partial charge on any atom is 0.0521 e. The molecule has 1 aromatic rings. The Bertz CT molecular complexity index is 324. The molecule has 0 aromatic carbocycles. The topological polar surface area (TPSA) is 29.9 Å². The van der Waals surface area contributed by atoms with E-state index in [0.29, 0.717) is 5.41 Å². The minimum atomic E-state index is 0.496. The third kappa shape index (κ3) is 2.46. The van der Waals surface area contributed by atoms with Gasteiger partial charge in [0.05, 0.1) is 6.20 Å². The number of nitrogens with zero attached hydrogens (tertiary/aromatic N) is 2. The molecule has 0 bridgehead atoms. The van der Waals surface area contributed by atoms with Gasteiger partial charge in [0, 0.05) is 19.3 Å². The van der Waals surface area contributed by atoms with Crippen molar-refractivity contribution in [1.82, 2.24) is 15.1 Å². The van der Waals surface area contributed by atoms with Crippen LogP contribution in [0.5, 0.6) is 0 Å². The number of hydrogen-bond donors (Lipinski definition) is 1. The summed E-state index contributed by atoms with van der Waals surface area (Å²) in [5.74, 6) is 0. The van der Waals surface area contributed by atoms with Crippen LogP contribution in [0.25, 0.3) is 0 Å². The van der Waals surface area contributed by atoms with Crippen molar-refractivity contribution >= 4 is 0 Å². The highest BCUT2D eigenvalue weighted by Crippen LogP contribution is 2.40. The molecule has 0 radical (unpaired) electrons. The van der Waals surface area contributed by atoms with E-state index in [1.54, 1.807) is 0 Å². The average molecular weight is 221 g/mol. The van der Waals surface area contributed by atoms with Gasteiger partial charge in [-0.05, 0) is 44.2 Å². The van der Waals surface area contributed by atoms with Crippen molar-refractivity contribution in [2.75, 3.05) is 13.6 Å². The molecule has 0 atom stereocenters. The summed E-state index contributed by atoms with van der Waals surface area (Å²) in [5, 5.41) is 7.73. The van der Waals surface area contributed by atoms with Crippen LogP contribution in [0, 0.1) is 5.41 Å². The Kier molecular flexibility index (Phi) is 3.64. The van der Waals surface area contributed by atoms with Crippen molar-refractivity contribution in [3.8, 4) is 0 Å². The Morgan fingerprint density at radius 1 is 1.44 bits per heavy atom. The molecule has 1 fully saturated rings. The number of nitrogens with one attached hydrogen (secondary N) is 1. The van der Waals surface area contributed by atoms with Gasteiger partial charge in [-0.2, -0.15) is 5.10 Å². The predicted molar refractivity (Wildman–Crippen MR) is 66.4 cm³/mol. The number of aryl methyl sites for hydroxylation is 1. The minimum absolute atomic E-state index is 0.496. The predicted octanol–water partition coefficient (Wildman–Crippen LogP) is 2.23. The molecule has 0 spiro atoms. The van der Waals surface area contributed by atoms with Gasteiger partial charge in [-0.1, -0.05) is 12.8 Å². The normalized spacial score (nSPS) is 19.1. The van der Waals surface area contributed by atoms with Gasteiger partial charge >= 0.3 is 0 Å². The Labute approximate surface area is 98.2 Å². The summed E-state index contributed by atoms with van der Waals surface area (Å²) in [4.78, 5) is 0. The van der Waals surface area contributed by atoms with Gasteiger partial charge < -0.3 is 5.32 Å². The second-order valence-electron chi connectivity index (χ2n) is 5.12. The molecular formula is C13H23N3. The minimum Gasteiger partial charge on any atom is -0.319 e. The van der Waals surface area contributed by atoms with Gasteiger partial charge in [-0.25, -0.2) is 0 Å². The molecule has 1 heterocycles. The zero-order valence-electron chi connectivity index (χ0n) is 10.5. The molecular weight excluding hydrogens is 198 g/mol. The number of rotatable bonds is 5. The van der Waals surface area contributed by atoms with Gasteiger partial charge in [-0.15, -0.1) is 0 Å². The highest BCUT2D eigenvalue weighted by molar-refractivity contribution is 5.09. The summed E-state index contributed by atoms with van der Waals surface area (Å²) >= 11 is 0. The smallest absolute Gasteiger partial charge is 0.0521 e. The first-order valence-electron chi connectivity index (χ1n) is 6.44. The van der Waals surface area contributed by atoms with E-state index in [1.807, 2.05) is 10.9 Å². The monoisotopic (exact) mass is 221 g/mol. The molecule has 1 aliphatic rings. The van der Waals surface area contributed by atoms with Gasteiger partial charge in [0.2, 0.25) is 0 Å². The fraction of sp³-hybridized carbons (Fsp3) is 0.769. The van der Waals surface area contributed by atoms with Crippen LogP contribution in [0.15, 0.2) is 12.4 Å². The molecule has 1 saturated carbocycles. The average Bonchev–Trinajstić information content (AvgIpc) is 2.89. The second kappa shape index (κ2) is 5.00. The Morgan fingerprint density at radius 2 is 2.19 bits per heavy atom. The van der Waals surface area contributed by atoms with Crippen LogP contribution in [0.1, 0.15) is 38.2 Å². The first-order chi connectivity index (χ1) is 7.78. The molecule has 1 N–H and O–H groups in total. The lowest BCUT2D eigenvalue weighted by molar-refractivity contribution is 0.285. The molecule has 1 aliphatic carbocycles. The van der Waals surface area contributed by atoms with Gasteiger partial charge in [0.1, 0.15) is 0 Å². The van der Waals surface area contributed by atoms with E-state index in [2.05, 4.69) is 30.6 Å². The second-order valence-corrected chi connectivity index (χ2v) is 5.12. The van der Waals surface area contributed by atoms with Crippen LogP contribution >= 0.6 is 0 Å². The maximum absolute atomic E-state index is 4.36. The summed E-state index contributed by atoms with van der Waals surface area (Å²) in [7, 11) is 2.07. The highest BCUT2D eigenvalue weighted by atomic mass is 15.3. The van der Waals surface area contributed by atoms with Gasteiger partial charge in [0.15, 0.2) is 0 Å². The van der Waals surface area contributed by atoms with Crippen LogP contribution in [-0.4, -0.2) is 23.4 Å². The van der Waals surface area contributed by atoms with E-state index in [0.717, 1.165) is 13.1 Å². The summed E-state index contributed by atoms with van der Waals surface area (Å²) in [5.41, 5.74) is 1.90. The summed E-state index contributed by atoms with van der Waals surface area (Å²) in [6, 6.07) is 0. The first-order valence-corrected chi connectivity index (χ1v) is 6.44. The molecule has 0 amide bonds. The Hall–Kier alpha value is -0.830. The first kappa shape index (κ1) is 11.6. The van der Waals surface area contributed by atoms with Crippen LogP contribution in [-0.2, 0) is 13.0 Å². The SMILES string of the molecule is CCn1cc(CC2(CNC)CCCC2)cn1. The van der Waals surface area contributed by atoms with Crippen LogP contribution in [0.3, 0.4) is 0 Å². The molecule has 2 rings (SSSR count). The van der Waals surface area contributed by atoms with E-state index >= 15 is 0 Å². The third-order valence-electron chi connectivity index (χ3n) is 3.81. The van der Waals surface area contributed by atoms with Crippen molar-refractivity contribution in [3.63, 3.8) is 0 Å². The van der Waals surface area contributed by atoms with Gasteiger partial charge in [0.25, 0.3) is 0 Å². The van der Waals surface area contributed by atoms with Crippen LogP contribution < -0.4 is 5.32 Å². The lowest BCUT2D eigenvalue weighted by Crippen LogP contribution is -2.31. The maximum atomic E-state index is 4.36. The lowest BCUT2D eigenvalue weighted by atomic mass is 9.80. The van der Waals surface area contributed by atoms with Gasteiger partial charge in [-0.3, -0.25) is 4.68 Å². The summed E-state index contributed by atoms with van der Waals surface area (Å²) < 4.78 is 2.03. The van der Waals surface area contributed by atoms with E-state index in [9.17, 15) is 0 Å². The largest absolute Gasteiger partial charge is 0.319 e. The molecule has 1 aromatic heterocycles. The zero-order valence-corrected chi connectivity index (χ0v) is 10.5. The fourth-order valence-corrected chi connectivity index (χ4v) is 3.02. The standard InChI is InChI=1S/C13H23N3/c1-3-16-10-12(9-15-16)8-13(11-14-2)6-4-5-7-13/h9-10,14H,3-8,11H2,1-2H3. The molecule has 3 nitrogen and oxygen atoms in total. The van der Waals surface area contributed by atoms with Crippen molar-refractivity contribution in [2.45, 2.75) is 45.6 Å². The lowest BCUT2D eigenvalue weighted by Gasteiger charge is -2.28. The Morgan fingerprint density at radius 3 is 2.75 bits per heavy atom. The number of hydrogen-bond acceptors (Lipinski definition) is 2. The van der Waals surface area contributed by atoms with E-state index < -0.39 is 0 Å². The van der Waals surface area contributed by atoms with Crippen molar-refractivity contribution in [1.29, 1.82) is 0 Å². The van der Waals surface area contributed by atoms with Crippen molar-refractivity contribution in [2.24, 2.45) is 5.41 Å². The van der Waals surface area contributed by atoms with E-state index in [4.69, 9.17) is 0 Å². The van der Waals surface area contributed by atoms with Crippen LogP contribution in [0.4, 0.5) is 0 Å². The fourth-order valence-electron chi connectivity index (χ4n) is 3.02. The Balaban J connectivity index is 2.05. The summed E-state index contributed by atoms with van der Waals surface area (Å²) in [6.45, 7) is 4.25. The zero-order chi connectivity index (χ0) is 11.4. The molecule has 3 heteroatoms. The van der Waals surface area contributed by atoms with Crippen LogP contribution in [0.2, 0.25) is 0 Å². The third-order valence-corrected chi connectivity index (χ3v) is 3.81. The van der Waals surface area contributed by atoms with Crippen molar-refractivity contribution in [3.05, 3.63) is 18.0 Å². The molecule has 0 aliphatic heterocycles. The number of aromatic nitrogens is 2. The van der Waals surface area contributed by atoms with E-state index in [-0.39, 0.29) is 0 Å². The van der Waals surface area contributed by atoms with Crippen molar-refractivity contribution < 1.29 is 0 Å². The van der Waals surface area contributed by atoms with E-state index in [1.165, 1.54) is 37.7 Å². The highest BCUT2D eigenvalue weighted by Gasteiger charge is 2.33.